The summed E-state index contributed by atoms with van der Waals surface area (Å²) in [4.78, 5) is 32.9. The Balaban J connectivity index is 1.61. The van der Waals surface area contributed by atoms with Gasteiger partial charge in [-0.1, -0.05) is 17.7 Å². The SMILES string of the molecule is CCOCCN1C(=O)C2C(NC3N(c4ccc(C)cc4)CC(O)CN23)N(C)C1=O. The predicted octanol–water partition coefficient (Wildman–Crippen LogP) is -0.0101. The van der Waals surface area contributed by atoms with Crippen LogP contribution in [0.4, 0.5) is 10.5 Å². The van der Waals surface area contributed by atoms with Gasteiger partial charge in [0.2, 0.25) is 0 Å². The van der Waals surface area contributed by atoms with Gasteiger partial charge in [-0.2, -0.15) is 0 Å². The van der Waals surface area contributed by atoms with E-state index in [1.54, 1.807) is 11.9 Å². The normalized spacial score (nSPS) is 30.0. The molecule has 1 aromatic carbocycles. The van der Waals surface area contributed by atoms with Gasteiger partial charge in [0.25, 0.3) is 5.91 Å². The van der Waals surface area contributed by atoms with Crippen molar-refractivity contribution in [3.63, 3.8) is 0 Å². The monoisotopic (exact) mass is 403 g/mol. The number of nitrogens with zero attached hydrogens (tertiary/aromatic N) is 4. The van der Waals surface area contributed by atoms with Crippen LogP contribution in [0.1, 0.15) is 12.5 Å². The molecule has 1 aromatic rings. The largest absolute Gasteiger partial charge is 0.390 e. The van der Waals surface area contributed by atoms with Gasteiger partial charge in [-0.05, 0) is 26.0 Å². The lowest BCUT2D eigenvalue weighted by atomic mass is 10.1. The highest BCUT2D eigenvalue weighted by Gasteiger charge is 2.56. The van der Waals surface area contributed by atoms with Crippen molar-refractivity contribution in [2.75, 3.05) is 44.8 Å². The molecule has 0 bridgehead atoms. The number of urea groups is 1. The fourth-order valence-electron chi connectivity index (χ4n) is 4.44. The maximum Gasteiger partial charge on any atom is 0.327 e. The molecule has 4 atom stereocenters. The number of aryl methyl sites for hydroxylation is 1. The molecule has 9 nitrogen and oxygen atoms in total. The van der Waals surface area contributed by atoms with Crippen molar-refractivity contribution < 1.29 is 19.4 Å². The van der Waals surface area contributed by atoms with Crippen LogP contribution >= 0.6 is 0 Å². The van der Waals surface area contributed by atoms with Gasteiger partial charge in [0.1, 0.15) is 18.5 Å². The molecule has 3 saturated heterocycles. The third-order valence-corrected chi connectivity index (χ3v) is 5.91. The van der Waals surface area contributed by atoms with Crippen LogP contribution in [0.15, 0.2) is 24.3 Å². The number of likely N-dealkylation sites (N-methyl/N-ethyl adjacent to an activating group) is 1. The zero-order chi connectivity index (χ0) is 20.7. The number of aliphatic hydroxyl groups is 1. The molecular weight excluding hydrogens is 374 g/mol. The van der Waals surface area contributed by atoms with Crippen molar-refractivity contribution >= 4 is 17.6 Å². The molecule has 3 aliphatic rings. The highest BCUT2D eigenvalue weighted by molar-refractivity contribution is 6.00. The molecule has 0 radical (unpaired) electrons. The number of hydrogen-bond donors (Lipinski definition) is 2. The van der Waals surface area contributed by atoms with E-state index in [2.05, 4.69) is 10.2 Å². The number of amides is 3. The maximum absolute atomic E-state index is 13.2. The van der Waals surface area contributed by atoms with Gasteiger partial charge in [-0.3, -0.25) is 19.9 Å². The van der Waals surface area contributed by atoms with Crippen LogP contribution in [0.2, 0.25) is 0 Å². The number of nitrogens with one attached hydrogen (secondary N) is 1. The molecule has 158 valence electrons. The Labute approximate surface area is 170 Å². The van der Waals surface area contributed by atoms with E-state index in [9.17, 15) is 14.7 Å². The lowest BCUT2D eigenvalue weighted by Crippen LogP contribution is -2.67. The van der Waals surface area contributed by atoms with E-state index in [4.69, 9.17) is 4.74 Å². The molecule has 9 heteroatoms. The van der Waals surface area contributed by atoms with Crippen LogP contribution < -0.4 is 10.2 Å². The lowest BCUT2D eigenvalue weighted by Gasteiger charge is -2.45. The van der Waals surface area contributed by atoms with Crippen LogP contribution in [0.5, 0.6) is 0 Å². The smallest absolute Gasteiger partial charge is 0.327 e. The molecule has 0 aromatic heterocycles. The number of aliphatic hydroxyl groups excluding tert-OH is 1. The van der Waals surface area contributed by atoms with Gasteiger partial charge < -0.3 is 19.6 Å². The first-order valence-electron chi connectivity index (χ1n) is 10.1. The molecule has 0 saturated carbocycles. The first-order chi connectivity index (χ1) is 13.9. The maximum atomic E-state index is 13.2. The van der Waals surface area contributed by atoms with Gasteiger partial charge in [-0.25, -0.2) is 4.79 Å². The molecular formula is C20H29N5O4. The molecule has 0 spiro atoms. The summed E-state index contributed by atoms with van der Waals surface area (Å²) >= 11 is 0. The second-order valence-corrected chi connectivity index (χ2v) is 7.85. The number of carbonyl (C=O) groups excluding carboxylic acids is 2. The Morgan fingerprint density at radius 2 is 1.93 bits per heavy atom. The van der Waals surface area contributed by atoms with Crippen LogP contribution in [0.25, 0.3) is 0 Å². The number of ether oxygens (including phenoxy) is 1. The topological polar surface area (TPSA) is 88.6 Å². The summed E-state index contributed by atoms with van der Waals surface area (Å²) in [5.41, 5.74) is 2.12. The number of imide groups is 1. The van der Waals surface area contributed by atoms with E-state index in [-0.39, 0.29) is 24.8 Å². The summed E-state index contributed by atoms with van der Waals surface area (Å²) in [7, 11) is 1.71. The summed E-state index contributed by atoms with van der Waals surface area (Å²) in [6.07, 6.45) is -1.32. The summed E-state index contributed by atoms with van der Waals surface area (Å²) in [5.74, 6) is -0.245. The van der Waals surface area contributed by atoms with Crippen LogP contribution in [0.3, 0.4) is 0 Å². The summed E-state index contributed by atoms with van der Waals surface area (Å²) < 4.78 is 5.35. The fourth-order valence-corrected chi connectivity index (χ4v) is 4.44. The van der Waals surface area contributed by atoms with Crippen LogP contribution in [-0.4, -0.2) is 96.2 Å². The highest BCUT2D eigenvalue weighted by atomic mass is 16.5. The van der Waals surface area contributed by atoms with E-state index in [0.29, 0.717) is 26.3 Å². The number of benzene rings is 1. The number of hydrogen-bond acceptors (Lipinski definition) is 7. The van der Waals surface area contributed by atoms with Crippen molar-refractivity contribution in [3.8, 4) is 0 Å². The molecule has 4 unspecified atom stereocenters. The Morgan fingerprint density at radius 3 is 2.62 bits per heavy atom. The zero-order valence-corrected chi connectivity index (χ0v) is 17.1. The molecule has 3 heterocycles. The molecule has 3 amide bonds. The van der Waals surface area contributed by atoms with E-state index >= 15 is 0 Å². The van der Waals surface area contributed by atoms with Crippen LogP contribution in [-0.2, 0) is 9.53 Å². The lowest BCUT2D eigenvalue weighted by molar-refractivity contribution is -0.140. The second-order valence-electron chi connectivity index (χ2n) is 7.85. The van der Waals surface area contributed by atoms with E-state index in [0.717, 1.165) is 11.3 Å². The quantitative estimate of drug-likeness (QED) is 0.669. The Hall–Kier alpha value is -2.20. The van der Waals surface area contributed by atoms with E-state index < -0.39 is 18.3 Å². The Bertz CT molecular complexity index is 773. The number of β-amino-alcohol motifs (C(OH)–C–C–N with tert-alkyl or cyclic N) is 1. The molecule has 3 fully saturated rings. The van der Waals surface area contributed by atoms with E-state index in [1.165, 1.54) is 4.90 Å². The number of anilines is 1. The minimum atomic E-state index is -0.597. The molecule has 3 aliphatic heterocycles. The van der Waals surface area contributed by atoms with Crippen molar-refractivity contribution in [3.05, 3.63) is 29.8 Å². The zero-order valence-electron chi connectivity index (χ0n) is 17.1. The Morgan fingerprint density at radius 1 is 1.21 bits per heavy atom. The average Bonchev–Trinajstić information content (AvgIpc) is 3.08. The molecule has 2 N–H and O–H groups in total. The van der Waals surface area contributed by atoms with Crippen molar-refractivity contribution in [2.45, 2.75) is 38.4 Å². The van der Waals surface area contributed by atoms with Gasteiger partial charge in [-0.15, -0.1) is 0 Å². The molecule has 29 heavy (non-hydrogen) atoms. The van der Waals surface area contributed by atoms with Gasteiger partial charge in [0.15, 0.2) is 0 Å². The van der Waals surface area contributed by atoms with Crippen LogP contribution in [0, 0.1) is 6.92 Å². The van der Waals surface area contributed by atoms with Crippen molar-refractivity contribution in [1.29, 1.82) is 0 Å². The average molecular weight is 403 g/mol. The fraction of sp³-hybridized carbons (Fsp3) is 0.600. The van der Waals surface area contributed by atoms with Gasteiger partial charge in [0, 0.05) is 32.4 Å². The number of carbonyl (C=O) groups is 2. The van der Waals surface area contributed by atoms with Crippen molar-refractivity contribution in [2.24, 2.45) is 0 Å². The molecule has 4 rings (SSSR count). The standard InChI is InChI=1S/C20H29N5O4/c1-4-29-10-9-23-18(27)16-17(22(3)20(23)28)21-19-24(11-15(26)12-25(16)19)14-7-5-13(2)6-8-14/h5-8,15-17,19,21,26H,4,9-12H2,1-3H3. The first kappa shape index (κ1) is 20.1. The first-order valence-corrected chi connectivity index (χ1v) is 10.1. The summed E-state index contributed by atoms with van der Waals surface area (Å²) in [6.45, 7) is 5.80. The number of rotatable bonds is 5. The van der Waals surface area contributed by atoms with Gasteiger partial charge >= 0.3 is 6.03 Å². The van der Waals surface area contributed by atoms with Crippen molar-refractivity contribution in [1.82, 2.24) is 20.0 Å². The number of fused-ring (bicyclic) bond motifs is 3. The third-order valence-electron chi connectivity index (χ3n) is 5.91. The summed E-state index contributed by atoms with van der Waals surface area (Å²) in [5, 5.41) is 14.0. The Kier molecular flexibility index (Phi) is 5.48. The molecule has 0 aliphatic carbocycles. The van der Waals surface area contributed by atoms with E-state index in [1.807, 2.05) is 43.0 Å². The van der Waals surface area contributed by atoms with Gasteiger partial charge in [0.05, 0.1) is 19.3 Å². The minimum Gasteiger partial charge on any atom is -0.390 e. The predicted molar refractivity (Wildman–Crippen MR) is 107 cm³/mol. The third kappa shape index (κ3) is 3.48. The second kappa shape index (κ2) is 7.91. The summed E-state index contributed by atoms with van der Waals surface area (Å²) in [6, 6.07) is 7.20. The minimum absolute atomic E-state index is 0.224. The highest BCUT2D eigenvalue weighted by Crippen LogP contribution is 2.33.